The van der Waals surface area contributed by atoms with E-state index in [1.165, 1.54) is 20.4 Å². The Bertz CT molecular complexity index is 765. The van der Waals surface area contributed by atoms with E-state index >= 15 is 0 Å². The van der Waals surface area contributed by atoms with Gasteiger partial charge in [0.2, 0.25) is 0 Å². The van der Waals surface area contributed by atoms with Crippen LogP contribution in [-0.4, -0.2) is 41.7 Å². The van der Waals surface area contributed by atoms with Crippen molar-refractivity contribution < 1.29 is 29.6 Å². The fraction of sp³-hybridized carbons (Fsp3) is 0.125. The van der Waals surface area contributed by atoms with Crippen LogP contribution in [-0.2, 0) is 0 Å². The number of nitrogens with zero attached hydrogens (tertiary/aromatic N) is 1. The molecule has 0 atom stereocenters. The number of hydrogen-bond acceptors (Lipinski definition) is 7. The van der Waals surface area contributed by atoms with Crippen LogP contribution in [0.3, 0.4) is 0 Å². The molecule has 2 aromatic carbocycles. The zero-order valence-corrected chi connectivity index (χ0v) is 13.0. The van der Waals surface area contributed by atoms with Crippen molar-refractivity contribution in [2.45, 2.75) is 0 Å². The second-order valence-corrected chi connectivity index (χ2v) is 4.67. The molecule has 0 aliphatic carbocycles. The number of ether oxygens (including phenoxy) is 2. The summed E-state index contributed by atoms with van der Waals surface area (Å²) in [6, 6.07) is 7.09. The zero-order valence-electron chi connectivity index (χ0n) is 13.0. The number of nitrogens with one attached hydrogen (secondary N) is 1. The normalized spacial score (nSPS) is 10.6. The van der Waals surface area contributed by atoms with Gasteiger partial charge >= 0.3 is 0 Å². The Morgan fingerprint density at radius 2 is 1.75 bits per heavy atom. The van der Waals surface area contributed by atoms with Gasteiger partial charge in [-0.2, -0.15) is 5.10 Å². The second kappa shape index (κ2) is 7.23. The van der Waals surface area contributed by atoms with Crippen molar-refractivity contribution in [1.29, 1.82) is 0 Å². The molecule has 1 amide bonds. The molecule has 4 N–H and O–H groups in total. The molecule has 24 heavy (non-hydrogen) atoms. The van der Waals surface area contributed by atoms with Crippen LogP contribution in [0.15, 0.2) is 35.4 Å². The summed E-state index contributed by atoms with van der Waals surface area (Å²) in [5.74, 6) is -1.47. The molecule has 8 heteroatoms. The molecule has 2 rings (SSSR count). The van der Waals surface area contributed by atoms with Gasteiger partial charge in [-0.25, -0.2) is 5.43 Å². The van der Waals surface area contributed by atoms with E-state index in [1.807, 2.05) is 0 Å². The number of carbonyl (C=O) groups is 1. The van der Waals surface area contributed by atoms with Crippen molar-refractivity contribution in [2.24, 2.45) is 5.10 Å². The van der Waals surface area contributed by atoms with Crippen LogP contribution >= 0.6 is 0 Å². The molecule has 0 unspecified atom stereocenters. The average Bonchev–Trinajstić information content (AvgIpc) is 2.59. The summed E-state index contributed by atoms with van der Waals surface area (Å²) >= 11 is 0. The quantitative estimate of drug-likeness (QED) is 0.375. The standard InChI is InChI=1S/C16H16N2O6/c1-23-11-4-3-9(14(7-11)24-2)8-17-18-16(22)10-5-12(19)15(21)13(20)6-10/h3-8,19-21H,1-2H3,(H,18,22)/b17-8+. The van der Waals surface area contributed by atoms with Crippen LogP contribution in [0.5, 0.6) is 28.7 Å². The van der Waals surface area contributed by atoms with Crippen molar-refractivity contribution >= 4 is 12.1 Å². The van der Waals surface area contributed by atoms with E-state index in [1.54, 1.807) is 18.2 Å². The minimum atomic E-state index is -0.696. The van der Waals surface area contributed by atoms with E-state index in [-0.39, 0.29) is 5.56 Å². The number of phenols is 3. The third kappa shape index (κ3) is 3.67. The maximum atomic E-state index is 11.9. The van der Waals surface area contributed by atoms with E-state index in [0.29, 0.717) is 17.1 Å². The largest absolute Gasteiger partial charge is 0.504 e. The lowest BCUT2D eigenvalue weighted by Crippen LogP contribution is -2.17. The number of benzene rings is 2. The number of phenolic OH excluding ortho intramolecular Hbond substituents is 3. The van der Waals surface area contributed by atoms with E-state index in [2.05, 4.69) is 10.5 Å². The molecule has 8 nitrogen and oxygen atoms in total. The summed E-state index contributed by atoms with van der Waals surface area (Å²) in [6.07, 6.45) is 1.37. The van der Waals surface area contributed by atoms with Gasteiger partial charge in [0.25, 0.3) is 5.91 Å². The molecule has 0 saturated heterocycles. The van der Waals surface area contributed by atoms with Gasteiger partial charge in [0, 0.05) is 17.2 Å². The lowest BCUT2D eigenvalue weighted by molar-refractivity contribution is 0.0954. The highest BCUT2D eigenvalue weighted by molar-refractivity contribution is 5.96. The highest BCUT2D eigenvalue weighted by atomic mass is 16.5. The smallest absolute Gasteiger partial charge is 0.271 e. The first-order valence-electron chi connectivity index (χ1n) is 6.76. The molecule has 0 radical (unpaired) electrons. The number of hydrazone groups is 1. The van der Waals surface area contributed by atoms with Gasteiger partial charge in [0.15, 0.2) is 17.2 Å². The SMILES string of the molecule is COc1ccc(/C=N/NC(=O)c2cc(O)c(O)c(O)c2)c(OC)c1. The molecule has 0 aliphatic rings. The van der Waals surface area contributed by atoms with Gasteiger partial charge in [-0.15, -0.1) is 0 Å². The minimum absolute atomic E-state index is 0.0679. The molecule has 0 spiro atoms. The van der Waals surface area contributed by atoms with Crippen molar-refractivity contribution in [3.8, 4) is 28.7 Å². The minimum Gasteiger partial charge on any atom is -0.504 e. The number of rotatable bonds is 5. The van der Waals surface area contributed by atoms with Crippen LogP contribution < -0.4 is 14.9 Å². The van der Waals surface area contributed by atoms with E-state index in [4.69, 9.17) is 9.47 Å². The molecule has 126 valence electrons. The third-order valence-corrected chi connectivity index (χ3v) is 3.14. The Morgan fingerprint density at radius 1 is 1.08 bits per heavy atom. The molecule has 0 heterocycles. The van der Waals surface area contributed by atoms with E-state index in [0.717, 1.165) is 12.1 Å². The highest BCUT2D eigenvalue weighted by Crippen LogP contribution is 2.35. The van der Waals surface area contributed by atoms with Crippen LogP contribution in [0.4, 0.5) is 0 Å². The Kier molecular flexibility index (Phi) is 5.10. The predicted octanol–water partition coefficient (Wildman–Crippen LogP) is 1.58. The molecular formula is C16H16N2O6. The number of methoxy groups -OCH3 is 2. The number of amides is 1. The van der Waals surface area contributed by atoms with Crippen LogP contribution in [0.2, 0.25) is 0 Å². The summed E-state index contributed by atoms with van der Waals surface area (Å²) in [7, 11) is 3.03. The Labute approximate surface area is 137 Å². The van der Waals surface area contributed by atoms with Crippen LogP contribution in [0.1, 0.15) is 15.9 Å². The summed E-state index contributed by atoms with van der Waals surface area (Å²) in [5.41, 5.74) is 2.78. The lowest BCUT2D eigenvalue weighted by atomic mass is 10.2. The van der Waals surface area contributed by atoms with Crippen LogP contribution in [0.25, 0.3) is 0 Å². The van der Waals surface area contributed by atoms with Crippen molar-refractivity contribution in [3.63, 3.8) is 0 Å². The number of carbonyl (C=O) groups excluding carboxylic acids is 1. The molecule has 2 aromatic rings. The maximum absolute atomic E-state index is 11.9. The molecule has 0 aliphatic heterocycles. The summed E-state index contributed by atoms with van der Waals surface area (Å²) < 4.78 is 10.3. The third-order valence-electron chi connectivity index (χ3n) is 3.14. The Hall–Kier alpha value is -3.42. The molecule has 0 saturated carbocycles. The Balaban J connectivity index is 2.13. The predicted molar refractivity (Wildman–Crippen MR) is 86.0 cm³/mol. The molecule has 0 aromatic heterocycles. The Morgan fingerprint density at radius 3 is 2.33 bits per heavy atom. The first-order chi connectivity index (χ1) is 11.5. The highest BCUT2D eigenvalue weighted by Gasteiger charge is 2.13. The maximum Gasteiger partial charge on any atom is 0.271 e. The first kappa shape index (κ1) is 16.9. The van der Waals surface area contributed by atoms with Gasteiger partial charge in [-0.3, -0.25) is 4.79 Å². The second-order valence-electron chi connectivity index (χ2n) is 4.67. The average molecular weight is 332 g/mol. The van der Waals surface area contributed by atoms with E-state index < -0.39 is 23.2 Å². The monoisotopic (exact) mass is 332 g/mol. The van der Waals surface area contributed by atoms with Crippen molar-refractivity contribution in [3.05, 3.63) is 41.5 Å². The summed E-state index contributed by atoms with van der Waals surface area (Å²) in [5, 5.41) is 31.8. The summed E-state index contributed by atoms with van der Waals surface area (Å²) in [4.78, 5) is 11.9. The van der Waals surface area contributed by atoms with Crippen molar-refractivity contribution in [1.82, 2.24) is 5.43 Å². The molecule has 0 fully saturated rings. The van der Waals surface area contributed by atoms with E-state index in [9.17, 15) is 20.1 Å². The van der Waals surface area contributed by atoms with Gasteiger partial charge < -0.3 is 24.8 Å². The molecule has 0 bridgehead atoms. The first-order valence-corrected chi connectivity index (χ1v) is 6.76. The fourth-order valence-electron chi connectivity index (χ4n) is 1.89. The van der Waals surface area contributed by atoms with Gasteiger partial charge in [0.1, 0.15) is 11.5 Å². The van der Waals surface area contributed by atoms with Gasteiger partial charge in [-0.05, 0) is 24.3 Å². The van der Waals surface area contributed by atoms with Gasteiger partial charge in [0.05, 0.1) is 20.4 Å². The molecular weight excluding hydrogens is 316 g/mol. The topological polar surface area (TPSA) is 121 Å². The lowest BCUT2D eigenvalue weighted by Gasteiger charge is -2.07. The fourth-order valence-corrected chi connectivity index (χ4v) is 1.89. The zero-order chi connectivity index (χ0) is 17.7. The van der Waals surface area contributed by atoms with Crippen molar-refractivity contribution in [2.75, 3.05) is 14.2 Å². The van der Waals surface area contributed by atoms with Gasteiger partial charge in [-0.1, -0.05) is 0 Å². The number of hydrogen-bond donors (Lipinski definition) is 4. The summed E-state index contributed by atoms with van der Waals surface area (Å²) in [6.45, 7) is 0. The number of aromatic hydroxyl groups is 3. The van der Waals surface area contributed by atoms with Crippen LogP contribution in [0, 0.1) is 0 Å².